The SMILES string of the molecule is Cc1ccc(F)cc1F.O=[N+]([O-])c1cc[nH]c1.O=[N+]([O-])c1ccc2[nH]ccc2c1. The Hall–Kier alpha value is -4.08. The lowest BCUT2D eigenvalue weighted by molar-refractivity contribution is -0.384. The molecule has 0 saturated heterocycles. The third kappa shape index (κ3) is 6.24. The highest BCUT2D eigenvalue weighted by Crippen LogP contribution is 2.19. The molecule has 0 aliphatic heterocycles. The van der Waals surface area contributed by atoms with E-state index in [1.807, 2.05) is 6.07 Å². The highest BCUT2D eigenvalue weighted by molar-refractivity contribution is 5.81. The monoisotopic (exact) mass is 402 g/mol. The van der Waals surface area contributed by atoms with Crippen molar-refractivity contribution >= 4 is 22.3 Å². The number of nitrogens with zero attached hydrogens (tertiary/aromatic N) is 2. The highest BCUT2D eigenvalue weighted by Gasteiger charge is 2.05. The standard InChI is InChI=1S/C8H6N2O2.C7H6F2.C4H4N2O2/c11-10(12)7-1-2-8-6(5-7)3-4-9-8;1-5-2-3-6(8)4-7(5)9;7-6(8)4-1-2-5-3-4/h1-5,9H;2-4H,1H3;1-3,5H. The van der Waals surface area contributed by atoms with Crippen LogP contribution in [-0.4, -0.2) is 19.8 Å². The predicted molar refractivity (Wildman–Crippen MR) is 103 cm³/mol. The number of H-pyrrole nitrogens is 2. The second-order valence-electron chi connectivity index (χ2n) is 5.73. The molecule has 4 rings (SSSR count). The lowest BCUT2D eigenvalue weighted by Gasteiger charge is -1.92. The number of nitro benzene ring substituents is 1. The van der Waals surface area contributed by atoms with Crippen molar-refractivity contribution in [3.63, 3.8) is 0 Å². The first-order valence-corrected chi connectivity index (χ1v) is 8.18. The van der Waals surface area contributed by atoms with Crippen molar-refractivity contribution in [3.8, 4) is 0 Å². The van der Waals surface area contributed by atoms with E-state index in [-0.39, 0.29) is 11.4 Å². The van der Waals surface area contributed by atoms with Gasteiger partial charge >= 0.3 is 0 Å². The molecule has 0 spiro atoms. The Morgan fingerprint density at radius 2 is 1.59 bits per heavy atom. The number of fused-ring (bicyclic) bond motifs is 1. The van der Waals surface area contributed by atoms with Crippen LogP contribution in [0.5, 0.6) is 0 Å². The zero-order chi connectivity index (χ0) is 21.4. The molecule has 2 N–H and O–H groups in total. The highest BCUT2D eigenvalue weighted by atomic mass is 19.1. The van der Waals surface area contributed by atoms with Crippen LogP contribution in [0.25, 0.3) is 10.9 Å². The largest absolute Gasteiger partial charge is 0.362 e. The minimum atomic E-state index is -0.530. The van der Waals surface area contributed by atoms with Gasteiger partial charge in [0, 0.05) is 47.6 Å². The Morgan fingerprint density at radius 1 is 0.862 bits per heavy atom. The molecule has 0 amide bonds. The van der Waals surface area contributed by atoms with E-state index in [9.17, 15) is 29.0 Å². The molecule has 0 aliphatic carbocycles. The van der Waals surface area contributed by atoms with E-state index in [4.69, 9.17) is 0 Å². The molecule has 0 aliphatic rings. The molecule has 0 bridgehead atoms. The first-order valence-electron chi connectivity index (χ1n) is 8.18. The molecule has 0 atom stereocenters. The van der Waals surface area contributed by atoms with Crippen molar-refractivity contribution in [2.75, 3.05) is 0 Å². The third-order valence-electron chi connectivity index (χ3n) is 3.67. The lowest BCUT2D eigenvalue weighted by atomic mass is 10.2. The summed E-state index contributed by atoms with van der Waals surface area (Å²) in [4.78, 5) is 24.9. The maximum Gasteiger partial charge on any atom is 0.286 e. The number of hydrogen-bond donors (Lipinski definition) is 2. The predicted octanol–water partition coefficient (Wildman–Crippen LogP) is 5.27. The number of nitro groups is 2. The fourth-order valence-electron chi connectivity index (χ4n) is 2.15. The summed E-state index contributed by atoms with van der Waals surface area (Å²) < 4.78 is 24.4. The van der Waals surface area contributed by atoms with Crippen molar-refractivity contribution in [1.82, 2.24) is 9.97 Å². The molecule has 2 heterocycles. The molecule has 150 valence electrons. The first kappa shape index (κ1) is 21.2. The fourth-order valence-corrected chi connectivity index (χ4v) is 2.15. The number of nitrogens with one attached hydrogen (secondary N) is 2. The molecule has 0 unspecified atom stereocenters. The number of non-ortho nitro benzene ring substituents is 1. The molecule has 29 heavy (non-hydrogen) atoms. The Labute approximate surface area is 163 Å². The molecule has 0 saturated carbocycles. The van der Waals surface area contributed by atoms with Gasteiger partial charge in [0.1, 0.15) is 11.6 Å². The van der Waals surface area contributed by atoms with Crippen molar-refractivity contribution in [1.29, 1.82) is 0 Å². The van der Waals surface area contributed by atoms with Crippen LogP contribution in [-0.2, 0) is 0 Å². The summed E-state index contributed by atoms with van der Waals surface area (Å²) in [7, 11) is 0. The quantitative estimate of drug-likeness (QED) is 0.351. The van der Waals surface area contributed by atoms with Crippen molar-refractivity contribution in [2.24, 2.45) is 0 Å². The van der Waals surface area contributed by atoms with E-state index in [0.29, 0.717) is 5.56 Å². The minimum Gasteiger partial charge on any atom is -0.362 e. The topological polar surface area (TPSA) is 118 Å². The summed E-state index contributed by atoms with van der Waals surface area (Å²) in [5, 5.41) is 21.1. The van der Waals surface area contributed by atoms with Crippen molar-refractivity contribution in [2.45, 2.75) is 6.92 Å². The van der Waals surface area contributed by atoms with Gasteiger partial charge in [-0.25, -0.2) is 8.78 Å². The Morgan fingerprint density at radius 3 is 2.10 bits per heavy atom. The van der Waals surface area contributed by atoms with E-state index in [0.717, 1.165) is 17.0 Å². The van der Waals surface area contributed by atoms with Crippen molar-refractivity contribution < 1.29 is 18.6 Å². The second-order valence-corrected chi connectivity index (χ2v) is 5.73. The van der Waals surface area contributed by atoms with E-state index >= 15 is 0 Å². The maximum absolute atomic E-state index is 12.3. The molecule has 8 nitrogen and oxygen atoms in total. The van der Waals surface area contributed by atoms with Crippen LogP contribution < -0.4 is 0 Å². The van der Waals surface area contributed by atoms with Crippen LogP contribution in [0.4, 0.5) is 20.2 Å². The number of aryl methyl sites for hydroxylation is 1. The van der Waals surface area contributed by atoms with Crippen LogP contribution in [0.1, 0.15) is 5.56 Å². The molecule has 0 radical (unpaired) electrons. The minimum absolute atomic E-state index is 0.102. The van der Waals surface area contributed by atoms with E-state index in [1.54, 1.807) is 25.3 Å². The van der Waals surface area contributed by atoms with Gasteiger partial charge in [0.2, 0.25) is 0 Å². The van der Waals surface area contributed by atoms with Gasteiger partial charge in [-0.1, -0.05) is 6.07 Å². The Bertz CT molecular complexity index is 1110. The fraction of sp³-hybridized carbons (Fsp3) is 0.0526. The molecule has 0 fully saturated rings. The van der Waals surface area contributed by atoms with E-state index in [1.165, 1.54) is 36.7 Å². The average molecular weight is 402 g/mol. The summed E-state index contributed by atoms with van der Waals surface area (Å²) in [6, 6.07) is 11.5. The van der Waals surface area contributed by atoms with Crippen LogP contribution in [0.2, 0.25) is 0 Å². The average Bonchev–Trinajstić information content (AvgIpc) is 3.37. The molecular formula is C19H16F2N4O4. The van der Waals surface area contributed by atoms with Gasteiger partial charge in [-0.15, -0.1) is 0 Å². The Kier molecular flexibility index (Phi) is 7.13. The van der Waals surface area contributed by atoms with Gasteiger partial charge in [0.15, 0.2) is 0 Å². The summed E-state index contributed by atoms with van der Waals surface area (Å²) in [5.74, 6) is -1.02. The summed E-state index contributed by atoms with van der Waals surface area (Å²) in [6.45, 7) is 1.59. The first-order chi connectivity index (χ1) is 13.8. The zero-order valence-corrected chi connectivity index (χ0v) is 15.1. The van der Waals surface area contributed by atoms with Gasteiger partial charge in [-0.2, -0.15) is 0 Å². The molecule has 2 aromatic carbocycles. The smallest absolute Gasteiger partial charge is 0.286 e. The maximum atomic E-state index is 12.3. The molecule has 10 heteroatoms. The summed E-state index contributed by atoms with van der Waals surface area (Å²) in [6.07, 6.45) is 4.60. The van der Waals surface area contributed by atoms with Gasteiger partial charge in [0.05, 0.1) is 16.0 Å². The summed E-state index contributed by atoms with van der Waals surface area (Å²) in [5.41, 5.74) is 1.61. The van der Waals surface area contributed by atoms with Crippen LogP contribution in [0.15, 0.2) is 67.1 Å². The normalized spacial score (nSPS) is 9.76. The number of benzene rings is 2. The number of rotatable bonds is 2. The van der Waals surface area contributed by atoms with Gasteiger partial charge < -0.3 is 9.97 Å². The van der Waals surface area contributed by atoms with Gasteiger partial charge in [-0.05, 0) is 30.7 Å². The van der Waals surface area contributed by atoms with Crippen molar-refractivity contribution in [3.05, 3.63) is 105 Å². The van der Waals surface area contributed by atoms with Crippen LogP contribution >= 0.6 is 0 Å². The number of aromatic amines is 2. The molecular weight excluding hydrogens is 386 g/mol. The molecule has 2 aromatic heterocycles. The third-order valence-corrected chi connectivity index (χ3v) is 3.67. The Balaban J connectivity index is 0.000000160. The lowest BCUT2D eigenvalue weighted by Crippen LogP contribution is -1.86. The van der Waals surface area contributed by atoms with E-state index in [2.05, 4.69) is 9.97 Å². The van der Waals surface area contributed by atoms with Crippen LogP contribution in [0, 0.1) is 38.8 Å². The molecule has 4 aromatic rings. The van der Waals surface area contributed by atoms with Gasteiger partial charge in [0.25, 0.3) is 11.4 Å². The number of halogens is 2. The summed E-state index contributed by atoms with van der Waals surface area (Å²) >= 11 is 0. The zero-order valence-electron chi connectivity index (χ0n) is 15.1. The second kappa shape index (κ2) is 9.74. The van der Waals surface area contributed by atoms with E-state index < -0.39 is 21.5 Å². The number of hydrogen-bond acceptors (Lipinski definition) is 4. The number of aromatic nitrogens is 2. The van der Waals surface area contributed by atoms with Crippen LogP contribution in [0.3, 0.4) is 0 Å². The van der Waals surface area contributed by atoms with Gasteiger partial charge in [-0.3, -0.25) is 20.2 Å².